The monoisotopic (exact) mass is 562 g/mol. The van der Waals surface area contributed by atoms with Crippen LogP contribution in [0.4, 0.5) is 5.69 Å². The number of aromatic nitrogens is 2. The Morgan fingerprint density at radius 2 is 1.51 bits per heavy atom. The lowest BCUT2D eigenvalue weighted by molar-refractivity contribution is -0.113. The molecule has 1 aromatic heterocycles. The maximum absolute atomic E-state index is 13.7. The van der Waals surface area contributed by atoms with Crippen LogP contribution in [-0.2, 0) is 11.3 Å². The van der Waals surface area contributed by atoms with E-state index in [2.05, 4.69) is 10.6 Å². The molecule has 0 atom stereocenters. The molecule has 1 heterocycles. The molecular weight excluding hydrogens is 532 g/mol. The van der Waals surface area contributed by atoms with Gasteiger partial charge < -0.3 is 10.6 Å². The minimum absolute atomic E-state index is 0.00493. The van der Waals surface area contributed by atoms with Gasteiger partial charge in [-0.25, -0.2) is 4.98 Å². The summed E-state index contributed by atoms with van der Waals surface area (Å²) >= 11 is 1.18. The first kappa shape index (κ1) is 27.9. The molecular formula is C33H30N4O3S. The third-order valence-corrected chi connectivity index (χ3v) is 7.70. The maximum Gasteiger partial charge on any atom is 0.266 e. The van der Waals surface area contributed by atoms with E-state index in [4.69, 9.17) is 4.98 Å². The summed E-state index contributed by atoms with van der Waals surface area (Å²) in [5, 5.41) is 6.72. The van der Waals surface area contributed by atoms with Gasteiger partial charge in [0.2, 0.25) is 5.91 Å². The number of aryl methyl sites for hydroxylation is 3. The molecule has 206 valence electrons. The molecule has 0 aliphatic heterocycles. The zero-order valence-electron chi connectivity index (χ0n) is 23.1. The Morgan fingerprint density at radius 1 is 0.829 bits per heavy atom. The number of carbonyl (C=O) groups excluding carboxylic acids is 2. The molecule has 2 N–H and O–H groups in total. The van der Waals surface area contributed by atoms with Crippen molar-refractivity contribution in [1.82, 2.24) is 14.9 Å². The molecule has 0 unspecified atom stereocenters. The number of hydrogen-bond donors (Lipinski definition) is 2. The van der Waals surface area contributed by atoms with Crippen LogP contribution in [0, 0.1) is 20.8 Å². The van der Waals surface area contributed by atoms with Crippen LogP contribution >= 0.6 is 11.8 Å². The Balaban J connectivity index is 1.36. The molecule has 7 nitrogen and oxygen atoms in total. The summed E-state index contributed by atoms with van der Waals surface area (Å²) in [6.45, 7) is 6.29. The standard InChI is InChI=1S/C33H30N4O3S/c1-21-15-17-24(18-16-21)19-34-31(39)25-11-4-6-13-27(25)35-29(38)20-41-33-36-28-14-7-5-12-26(28)32(40)37(33)30-22(2)9-8-10-23(30)3/h4-18H,19-20H2,1-3H3,(H,34,39)(H,35,38). The zero-order valence-corrected chi connectivity index (χ0v) is 23.9. The van der Waals surface area contributed by atoms with Crippen molar-refractivity contribution < 1.29 is 9.59 Å². The summed E-state index contributed by atoms with van der Waals surface area (Å²) < 4.78 is 1.59. The first-order valence-corrected chi connectivity index (χ1v) is 14.2. The molecule has 0 aliphatic rings. The second-order valence-corrected chi connectivity index (χ2v) is 10.8. The van der Waals surface area contributed by atoms with Gasteiger partial charge in [0, 0.05) is 6.54 Å². The third-order valence-electron chi connectivity index (χ3n) is 6.76. The van der Waals surface area contributed by atoms with E-state index in [1.807, 2.05) is 75.4 Å². The molecule has 2 amide bonds. The van der Waals surface area contributed by atoms with E-state index < -0.39 is 0 Å². The van der Waals surface area contributed by atoms with Gasteiger partial charge in [0.1, 0.15) is 0 Å². The average Bonchev–Trinajstić information content (AvgIpc) is 2.97. The molecule has 0 bridgehead atoms. The van der Waals surface area contributed by atoms with Crippen LogP contribution in [-0.4, -0.2) is 27.1 Å². The van der Waals surface area contributed by atoms with Gasteiger partial charge in [-0.3, -0.25) is 19.0 Å². The number of carbonyl (C=O) groups is 2. The van der Waals surface area contributed by atoms with Crippen molar-refractivity contribution in [3.8, 4) is 5.69 Å². The molecule has 0 radical (unpaired) electrons. The van der Waals surface area contributed by atoms with Crippen LogP contribution in [0.5, 0.6) is 0 Å². The minimum Gasteiger partial charge on any atom is -0.348 e. The van der Waals surface area contributed by atoms with Gasteiger partial charge in [-0.2, -0.15) is 0 Å². The molecule has 5 aromatic rings. The topological polar surface area (TPSA) is 93.1 Å². The lowest BCUT2D eigenvalue weighted by Crippen LogP contribution is -2.26. The number of fused-ring (bicyclic) bond motifs is 1. The molecule has 4 aromatic carbocycles. The van der Waals surface area contributed by atoms with Crippen molar-refractivity contribution in [2.45, 2.75) is 32.5 Å². The number of para-hydroxylation sites is 3. The van der Waals surface area contributed by atoms with Crippen molar-refractivity contribution in [3.05, 3.63) is 129 Å². The van der Waals surface area contributed by atoms with Gasteiger partial charge in [-0.05, 0) is 61.7 Å². The highest BCUT2D eigenvalue weighted by molar-refractivity contribution is 7.99. The number of amides is 2. The second kappa shape index (κ2) is 12.2. The fourth-order valence-corrected chi connectivity index (χ4v) is 5.45. The van der Waals surface area contributed by atoms with E-state index in [1.54, 1.807) is 41.0 Å². The highest BCUT2D eigenvalue weighted by Gasteiger charge is 2.18. The Kier molecular flexibility index (Phi) is 8.31. The van der Waals surface area contributed by atoms with Crippen molar-refractivity contribution in [2.75, 3.05) is 11.1 Å². The summed E-state index contributed by atoms with van der Waals surface area (Å²) in [6, 6.07) is 27.9. The van der Waals surface area contributed by atoms with Crippen LogP contribution in [0.25, 0.3) is 16.6 Å². The number of anilines is 1. The molecule has 0 aliphatic carbocycles. The van der Waals surface area contributed by atoms with Gasteiger partial charge in [0.05, 0.1) is 33.6 Å². The van der Waals surface area contributed by atoms with Gasteiger partial charge in [-0.1, -0.05) is 84.1 Å². The fraction of sp³-hybridized carbons (Fsp3) is 0.152. The Bertz CT molecular complexity index is 1790. The van der Waals surface area contributed by atoms with Crippen LogP contribution in [0.3, 0.4) is 0 Å². The molecule has 0 spiro atoms. The smallest absolute Gasteiger partial charge is 0.266 e. The molecule has 5 rings (SSSR count). The summed E-state index contributed by atoms with van der Waals surface area (Å²) in [4.78, 5) is 44.5. The third kappa shape index (κ3) is 6.23. The van der Waals surface area contributed by atoms with Crippen LogP contribution in [0.15, 0.2) is 101 Å². The average molecular weight is 563 g/mol. The van der Waals surface area contributed by atoms with Crippen molar-refractivity contribution >= 4 is 40.2 Å². The lowest BCUT2D eigenvalue weighted by atomic mass is 10.1. The number of rotatable bonds is 8. The minimum atomic E-state index is -0.316. The van der Waals surface area contributed by atoms with E-state index >= 15 is 0 Å². The summed E-state index contributed by atoms with van der Waals surface area (Å²) in [7, 11) is 0. The highest BCUT2D eigenvalue weighted by atomic mass is 32.2. The molecule has 41 heavy (non-hydrogen) atoms. The predicted molar refractivity (Wildman–Crippen MR) is 165 cm³/mol. The maximum atomic E-state index is 13.7. The summed E-state index contributed by atoms with van der Waals surface area (Å²) in [5.74, 6) is -0.604. The van der Waals surface area contributed by atoms with E-state index in [0.29, 0.717) is 33.9 Å². The molecule has 0 saturated carbocycles. The predicted octanol–water partition coefficient (Wildman–Crippen LogP) is 5.97. The Morgan fingerprint density at radius 3 is 2.27 bits per heavy atom. The number of thioether (sulfide) groups is 1. The number of benzene rings is 4. The van der Waals surface area contributed by atoms with E-state index in [9.17, 15) is 14.4 Å². The highest BCUT2D eigenvalue weighted by Crippen LogP contribution is 2.26. The first-order valence-electron chi connectivity index (χ1n) is 13.3. The van der Waals surface area contributed by atoms with Crippen LogP contribution in [0.2, 0.25) is 0 Å². The van der Waals surface area contributed by atoms with Crippen molar-refractivity contribution in [3.63, 3.8) is 0 Å². The SMILES string of the molecule is Cc1ccc(CNC(=O)c2ccccc2NC(=O)CSc2nc3ccccc3c(=O)n2-c2c(C)cccc2C)cc1. The van der Waals surface area contributed by atoms with Gasteiger partial charge in [0.25, 0.3) is 11.5 Å². The quantitative estimate of drug-likeness (QED) is 0.180. The number of nitrogens with zero attached hydrogens (tertiary/aromatic N) is 2. The fourth-order valence-electron chi connectivity index (χ4n) is 4.65. The molecule has 8 heteroatoms. The van der Waals surface area contributed by atoms with Crippen LogP contribution in [0.1, 0.15) is 32.6 Å². The Labute approximate surface area is 242 Å². The molecule has 0 fully saturated rings. The summed E-state index contributed by atoms with van der Waals surface area (Å²) in [5.41, 5.74) is 5.92. The number of hydrogen-bond acceptors (Lipinski definition) is 5. The van der Waals surface area contributed by atoms with E-state index in [1.165, 1.54) is 11.8 Å². The van der Waals surface area contributed by atoms with Gasteiger partial charge >= 0.3 is 0 Å². The Hall–Kier alpha value is -4.69. The summed E-state index contributed by atoms with van der Waals surface area (Å²) in [6.07, 6.45) is 0. The largest absolute Gasteiger partial charge is 0.348 e. The second-order valence-electron chi connectivity index (χ2n) is 9.84. The number of nitrogens with one attached hydrogen (secondary N) is 2. The van der Waals surface area contributed by atoms with Gasteiger partial charge in [-0.15, -0.1) is 0 Å². The van der Waals surface area contributed by atoms with Crippen LogP contribution < -0.4 is 16.2 Å². The normalized spacial score (nSPS) is 10.9. The lowest BCUT2D eigenvalue weighted by Gasteiger charge is -2.17. The zero-order chi connectivity index (χ0) is 28.9. The van der Waals surface area contributed by atoms with Crippen molar-refractivity contribution in [1.29, 1.82) is 0 Å². The van der Waals surface area contributed by atoms with E-state index in [0.717, 1.165) is 27.9 Å². The van der Waals surface area contributed by atoms with E-state index in [-0.39, 0.29) is 23.1 Å². The van der Waals surface area contributed by atoms with Crippen molar-refractivity contribution in [2.24, 2.45) is 0 Å². The van der Waals surface area contributed by atoms with Gasteiger partial charge in [0.15, 0.2) is 5.16 Å². The molecule has 0 saturated heterocycles. The first-order chi connectivity index (χ1) is 19.8.